The molecule has 1 saturated heterocycles. The maximum absolute atomic E-state index is 12.7. The van der Waals surface area contributed by atoms with E-state index in [0.29, 0.717) is 30.4 Å². The molecule has 3 unspecified atom stereocenters. The standard InChI is InChI=1S/C20H30ClN3O3/c1-3-5-8-14-11-24(18(26)13-25)12-16-19(14)22-17(23-20(16)27)10-6-9-15(21)7-4-2/h6-7,9,14,16,19,25H,3-5,8,10-13H2,1-2H3,(H,22,23,27)/b9-6-,15-7+. The van der Waals surface area contributed by atoms with Crippen molar-refractivity contribution >= 4 is 29.3 Å². The van der Waals surface area contributed by atoms with Gasteiger partial charge in [-0.25, -0.2) is 0 Å². The minimum Gasteiger partial charge on any atom is -0.387 e. The molecule has 6 nitrogen and oxygen atoms in total. The molecule has 27 heavy (non-hydrogen) atoms. The van der Waals surface area contributed by atoms with E-state index in [4.69, 9.17) is 16.6 Å². The van der Waals surface area contributed by atoms with E-state index in [2.05, 4.69) is 12.2 Å². The molecule has 0 aromatic rings. The highest BCUT2D eigenvalue weighted by Crippen LogP contribution is 2.31. The number of nitrogens with zero attached hydrogens (tertiary/aromatic N) is 2. The Labute approximate surface area is 166 Å². The fourth-order valence-electron chi connectivity index (χ4n) is 3.70. The molecule has 0 bridgehead atoms. The van der Waals surface area contributed by atoms with Gasteiger partial charge in [-0.3, -0.25) is 14.6 Å². The van der Waals surface area contributed by atoms with Crippen LogP contribution in [0.15, 0.2) is 28.3 Å². The van der Waals surface area contributed by atoms with Crippen molar-refractivity contribution in [3.8, 4) is 0 Å². The Morgan fingerprint density at radius 3 is 2.85 bits per heavy atom. The van der Waals surface area contributed by atoms with Crippen molar-refractivity contribution in [2.24, 2.45) is 16.8 Å². The van der Waals surface area contributed by atoms with E-state index < -0.39 is 6.61 Å². The van der Waals surface area contributed by atoms with Crippen LogP contribution in [0.3, 0.4) is 0 Å². The second-order valence-electron chi connectivity index (χ2n) is 7.13. The zero-order chi connectivity index (χ0) is 19.8. The number of aliphatic hydroxyl groups excluding tert-OH is 1. The summed E-state index contributed by atoms with van der Waals surface area (Å²) in [4.78, 5) is 31.1. The molecule has 2 rings (SSSR count). The Bertz CT molecular complexity index is 630. The number of piperidine rings is 1. The zero-order valence-electron chi connectivity index (χ0n) is 16.2. The van der Waals surface area contributed by atoms with Crippen LogP contribution >= 0.6 is 11.6 Å². The van der Waals surface area contributed by atoms with Crippen molar-refractivity contribution in [1.29, 1.82) is 0 Å². The number of likely N-dealkylation sites (tertiary alicyclic amines) is 1. The van der Waals surface area contributed by atoms with Gasteiger partial charge in [-0.2, -0.15) is 0 Å². The maximum atomic E-state index is 12.7. The fourth-order valence-corrected chi connectivity index (χ4v) is 3.95. The number of aliphatic hydroxyl groups is 1. The van der Waals surface area contributed by atoms with E-state index in [-0.39, 0.29) is 29.7 Å². The first kappa shape index (κ1) is 21.6. The van der Waals surface area contributed by atoms with Crippen molar-refractivity contribution in [2.75, 3.05) is 19.7 Å². The van der Waals surface area contributed by atoms with Gasteiger partial charge in [0.2, 0.25) is 11.8 Å². The number of aliphatic imine (C=N–C) groups is 1. The van der Waals surface area contributed by atoms with Crippen LogP contribution in [0.5, 0.6) is 0 Å². The topological polar surface area (TPSA) is 82.0 Å². The summed E-state index contributed by atoms with van der Waals surface area (Å²) in [6, 6.07) is -0.113. The van der Waals surface area contributed by atoms with Crippen LogP contribution in [0.1, 0.15) is 46.0 Å². The highest BCUT2D eigenvalue weighted by molar-refractivity contribution is 6.31. The third-order valence-electron chi connectivity index (χ3n) is 5.08. The van der Waals surface area contributed by atoms with Gasteiger partial charge in [0.1, 0.15) is 12.4 Å². The molecule has 3 atom stereocenters. The molecule has 7 heteroatoms. The Morgan fingerprint density at radius 2 is 2.19 bits per heavy atom. The number of hydrogen-bond acceptors (Lipinski definition) is 4. The van der Waals surface area contributed by atoms with Crippen LogP contribution in [-0.2, 0) is 9.59 Å². The number of halogens is 1. The first-order valence-corrected chi connectivity index (χ1v) is 10.2. The van der Waals surface area contributed by atoms with Crippen molar-refractivity contribution in [3.63, 3.8) is 0 Å². The highest BCUT2D eigenvalue weighted by atomic mass is 35.5. The van der Waals surface area contributed by atoms with Crippen molar-refractivity contribution in [1.82, 2.24) is 10.2 Å². The average Bonchev–Trinajstić information content (AvgIpc) is 2.65. The van der Waals surface area contributed by atoms with E-state index >= 15 is 0 Å². The van der Waals surface area contributed by atoms with Gasteiger partial charge in [-0.05, 0) is 24.8 Å². The van der Waals surface area contributed by atoms with Crippen molar-refractivity contribution in [3.05, 3.63) is 23.3 Å². The van der Waals surface area contributed by atoms with Crippen LogP contribution in [-0.4, -0.2) is 53.4 Å². The monoisotopic (exact) mass is 395 g/mol. The van der Waals surface area contributed by atoms with Gasteiger partial charge in [0.05, 0.1) is 12.0 Å². The summed E-state index contributed by atoms with van der Waals surface area (Å²) in [5.74, 6) is 0.0189. The molecule has 0 radical (unpaired) electrons. The van der Waals surface area contributed by atoms with Crippen molar-refractivity contribution in [2.45, 2.75) is 52.0 Å². The molecule has 150 valence electrons. The number of unbranched alkanes of at least 4 members (excludes halogenated alkanes) is 1. The van der Waals surface area contributed by atoms with E-state index in [1.807, 2.05) is 25.2 Å². The number of allylic oxidation sites excluding steroid dienone is 3. The summed E-state index contributed by atoms with van der Waals surface area (Å²) >= 11 is 6.07. The number of hydrogen-bond donors (Lipinski definition) is 2. The van der Waals surface area contributed by atoms with Crippen LogP contribution < -0.4 is 5.32 Å². The molecule has 1 fully saturated rings. The fraction of sp³-hybridized carbons (Fsp3) is 0.650. The van der Waals surface area contributed by atoms with Gasteiger partial charge in [0.15, 0.2) is 0 Å². The molecule has 0 aliphatic carbocycles. The highest BCUT2D eigenvalue weighted by Gasteiger charge is 2.43. The third kappa shape index (κ3) is 5.91. The first-order valence-electron chi connectivity index (χ1n) is 9.78. The summed E-state index contributed by atoms with van der Waals surface area (Å²) in [7, 11) is 0. The van der Waals surface area contributed by atoms with E-state index in [9.17, 15) is 14.7 Å². The lowest BCUT2D eigenvalue weighted by molar-refractivity contribution is -0.140. The van der Waals surface area contributed by atoms with E-state index in [0.717, 1.165) is 25.7 Å². The number of fused-ring (bicyclic) bond motifs is 1. The molecule has 2 amide bonds. The average molecular weight is 396 g/mol. The Hall–Kier alpha value is -1.66. The summed E-state index contributed by atoms with van der Waals surface area (Å²) in [6.07, 6.45) is 10.0. The lowest BCUT2D eigenvalue weighted by Gasteiger charge is -2.43. The minimum absolute atomic E-state index is 0.0921. The molecule has 0 aromatic carbocycles. The van der Waals surface area contributed by atoms with Gasteiger partial charge < -0.3 is 15.3 Å². The number of amidine groups is 1. The number of amides is 2. The maximum Gasteiger partial charge on any atom is 0.248 e. The largest absolute Gasteiger partial charge is 0.387 e. The third-order valence-corrected chi connectivity index (χ3v) is 5.36. The second kappa shape index (κ2) is 10.6. The number of rotatable bonds is 8. The second-order valence-corrected chi connectivity index (χ2v) is 7.56. The Balaban J connectivity index is 2.15. The molecule has 0 spiro atoms. The molecular formula is C20H30ClN3O3. The summed E-state index contributed by atoms with van der Waals surface area (Å²) < 4.78 is 0. The Kier molecular flexibility index (Phi) is 8.51. The van der Waals surface area contributed by atoms with Gasteiger partial charge in [0, 0.05) is 24.5 Å². The molecule has 2 N–H and O–H groups in total. The first-order chi connectivity index (χ1) is 13.0. The quantitative estimate of drug-likeness (QED) is 0.620. The minimum atomic E-state index is -0.523. The van der Waals surface area contributed by atoms with E-state index in [1.54, 1.807) is 4.90 Å². The van der Waals surface area contributed by atoms with Gasteiger partial charge in [-0.15, -0.1) is 0 Å². The normalized spacial score (nSPS) is 26.0. The van der Waals surface area contributed by atoms with Crippen LogP contribution in [0.4, 0.5) is 0 Å². The number of carbonyl (C=O) groups is 2. The Morgan fingerprint density at radius 1 is 1.41 bits per heavy atom. The molecule has 2 heterocycles. The SMILES string of the molecule is CC/C=C(Cl)\C=C/CC1=NC2C(CCCC)CN(C(=O)CO)CC2C(=O)N1. The van der Waals surface area contributed by atoms with Crippen molar-refractivity contribution < 1.29 is 14.7 Å². The molecule has 0 aromatic heterocycles. The van der Waals surface area contributed by atoms with Crippen LogP contribution in [0.25, 0.3) is 0 Å². The van der Waals surface area contributed by atoms with E-state index in [1.165, 1.54) is 0 Å². The zero-order valence-corrected chi connectivity index (χ0v) is 16.9. The van der Waals surface area contributed by atoms with Crippen LogP contribution in [0, 0.1) is 11.8 Å². The summed E-state index contributed by atoms with van der Waals surface area (Å²) in [6.45, 7) is 4.48. The number of carbonyl (C=O) groups excluding carboxylic acids is 2. The summed E-state index contributed by atoms with van der Waals surface area (Å²) in [5, 5.41) is 12.7. The molecular weight excluding hydrogens is 366 g/mol. The molecule has 0 saturated carbocycles. The molecule has 2 aliphatic rings. The summed E-state index contributed by atoms with van der Waals surface area (Å²) in [5.41, 5.74) is 0. The van der Waals surface area contributed by atoms with Gasteiger partial charge >= 0.3 is 0 Å². The van der Waals surface area contributed by atoms with Gasteiger partial charge in [0.25, 0.3) is 0 Å². The number of nitrogens with one attached hydrogen (secondary N) is 1. The molecule has 2 aliphatic heterocycles. The van der Waals surface area contributed by atoms with Crippen LogP contribution in [0.2, 0.25) is 0 Å². The predicted molar refractivity (Wildman–Crippen MR) is 108 cm³/mol. The predicted octanol–water partition coefficient (Wildman–Crippen LogP) is 2.62. The smallest absolute Gasteiger partial charge is 0.248 e. The van der Waals surface area contributed by atoms with Gasteiger partial charge in [-0.1, -0.05) is 50.4 Å². The lowest BCUT2D eigenvalue weighted by Crippen LogP contribution is -2.59. The lowest BCUT2D eigenvalue weighted by atomic mass is 9.79.